The second-order valence-corrected chi connectivity index (χ2v) is 6.59. The van der Waals surface area contributed by atoms with Crippen LogP contribution in [0.1, 0.15) is 54.5 Å². The zero-order chi connectivity index (χ0) is 17.9. The van der Waals surface area contributed by atoms with E-state index in [1.165, 1.54) is 5.56 Å². The van der Waals surface area contributed by atoms with Gasteiger partial charge in [0.05, 0.1) is 11.7 Å². The van der Waals surface area contributed by atoms with Gasteiger partial charge in [0.2, 0.25) is 5.88 Å². The molecule has 1 heterocycles. The van der Waals surface area contributed by atoms with Gasteiger partial charge < -0.3 is 9.47 Å². The van der Waals surface area contributed by atoms with Crippen LogP contribution in [0, 0.1) is 34.6 Å². The maximum absolute atomic E-state index is 6.21. The summed E-state index contributed by atoms with van der Waals surface area (Å²) in [6.07, 6.45) is 4.04. The minimum absolute atomic E-state index is 0.223. The van der Waals surface area contributed by atoms with Gasteiger partial charge in [-0.3, -0.25) is 0 Å². The Labute approximate surface area is 146 Å². The van der Waals surface area contributed by atoms with Crippen LogP contribution in [0.25, 0.3) is 0 Å². The molecule has 130 valence electrons. The molecule has 1 aromatic carbocycles. The maximum Gasteiger partial charge on any atom is 0.225 e. The van der Waals surface area contributed by atoms with Crippen molar-refractivity contribution in [3.63, 3.8) is 0 Å². The van der Waals surface area contributed by atoms with Crippen LogP contribution in [0.5, 0.6) is 17.4 Å². The summed E-state index contributed by atoms with van der Waals surface area (Å²) in [6, 6.07) is 4.26. The van der Waals surface area contributed by atoms with Gasteiger partial charge in [0.25, 0.3) is 0 Å². The van der Waals surface area contributed by atoms with Crippen molar-refractivity contribution in [3.8, 4) is 17.4 Å². The molecule has 0 saturated heterocycles. The van der Waals surface area contributed by atoms with Crippen molar-refractivity contribution < 1.29 is 9.47 Å². The molecule has 0 spiro atoms. The van der Waals surface area contributed by atoms with E-state index < -0.39 is 0 Å². The molecule has 0 aliphatic heterocycles. The summed E-state index contributed by atoms with van der Waals surface area (Å²) in [5, 5.41) is 0. The minimum Gasteiger partial charge on any atom is -0.490 e. The Morgan fingerprint density at radius 3 is 2.00 bits per heavy atom. The molecule has 2 rings (SSSR count). The van der Waals surface area contributed by atoms with E-state index in [1.54, 1.807) is 0 Å². The number of rotatable bonds is 6. The van der Waals surface area contributed by atoms with E-state index >= 15 is 0 Å². The molecule has 1 aromatic heterocycles. The summed E-state index contributed by atoms with van der Waals surface area (Å²) in [5.74, 6) is 2.40. The second-order valence-electron chi connectivity index (χ2n) is 6.59. The summed E-state index contributed by atoms with van der Waals surface area (Å²) in [4.78, 5) is 4.50. The topological polar surface area (TPSA) is 31.4 Å². The van der Waals surface area contributed by atoms with E-state index in [2.05, 4.69) is 51.7 Å². The highest BCUT2D eigenvalue weighted by atomic mass is 16.5. The van der Waals surface area contributed by atoms with E-state index in [0.717, 1.165) is 46.6 Å². The zero-order valence-electron chi connectivity index (χ0n) is 16.0. The number of hydrogen-bond acceptors (Lipinski definition) is 3. The second kappa shape index (κ2) is 7.69. The number of nitrogens with zero attached hydrogens (tertiary/aromatic N) is 1. The highest BCUT2D eigenvalue weighted by molar-refractivity contribution is 5.49. The SMILES string of the molecule is CCC(CC)Oc1c(C)cnc(Oc2c(C)cc(C)cc2C)c1C. The average Bonchev–Trinajstić information content (AvgIpc) is 2.53. The monoisotopic (exact) mass is 327 g/mol. The van der Waals surface area contributed by atoms with Crippen LogP contribution < -0.4 is 9.47 Å². The lowest BCUT2D eigenvalue weighted by Crippen LogP contribution is -2.15. The summed E-state index contributed by atoms with van der Waals surface area (Å²) in [5.41, 5.74) is 5.49. The van der Waals surface area contributed by atoms with Gasteiger partial charge in [0.15, 0.2) is 0 Å². The molecule has 3 nitrogen and oxygen atoms in total. The molecule has 2 aromatic rings. The Morgan fingerprint density at radius 2 is 1.46 bits per heavy atom. The number of pyridine rings is 1. The molecule has 0 N–H and O–H groups in total. The number of benzene rings is 1. The Balaban J connectivity index is 2.39. The normalized spacial score (nSPS) is 11.0. The van der Waals surface area contributed by atoms with E-state index in [0.29, 0.717) is 5.88 Å². The molecule has 0 aliphatic carbocycles. The van der Waals surface area contributed by atoms with Crippen LogP contribution in [0.2, 0.25) is 0 Å². The molecule has 0 saturated carbocycles. The fourth-order valence-corrected chi connectivity index (χ4v) is 3.03. The summed E-state index contributed by atoms with van der Waals surface area (Å²) in [6.45, 7) is 14.6. The highest BCUT2D eigenvalue weighted by Crippen LogP contribution is 2.35. The number of aromatic nitrogens is 1. The fourth-order valence-electron chi connectivity index (χ4n) is 3.03. The number of ether oxygens (including phenoxy) is 2. The molecule has 0 amide bonds. The third kappa shape index (κ3) is 3.89. The molecule has 24 heavy (non-hydrogen) atoms. The number of aryl methyl sites for hydroxylation is 4. The van der Waals surface area contributed by atoms with Gasteiger partial charge in [-0.05, 0) is 58.6 Å². The fraction of sp³-hybridized carbons (Fsp3) is 0.476. The molecule has 0 radical (unpaired) electrons. The van der Waals surface area contributed by atoms with Crippen LogP contribution in [-0.4, -0.2) is 11.1 Å². The van der Waals surface area contributed by atoms with Crippen molar-refractivity contribution in [2.45, 2.75) is 67.4 Å². The number of hydrogen-bond donors (Lipinski definition) is 0. The van der Waals surface area contributed by atoms with Crippen LogP contribution in [0.15, 0.2) is 18.3 Å². The summed E-state index contributed by atoms with van der Waals surface area (Å²) >= 11 is 0. The first kappa shape index (κ1) is 18.3. The lowest BCUT2D eigenvalue weighted by Gasteiger charge is -2.21. The van der Waals surface area contributed by atoms with Crippen LogP contribution in [0.3, 0.4) is 0 Å². The largest absolute Gasteiger partial charge is 0.490 e. The minimum atomic E-state index is 0.223. The molecule has 0 aliphatic rings. The highest BCUT2D eigenvalue weighted by Gasteiger charge is 2.17. The van der Waals surface area contributed by atoms with Crippen molar-refractivity contribution in [1.82, 2.24) is 4.98 Å². The van der Waals surface area contributed by atoms with Crippen molar-refractivity contribution in [2.75, 3.05) is 0 Å². The molecule has 0 unspecified atom stereocenters. The summed E-state index contributed by atoms with van der Waals surface area (Å²) < 4.78 is 12.4. The van der Waals surface area contributed by atoms with E-state index in [9.17, 15) is 0 Å². The van der Waals surface area contributed by atoms with Gasteiger partial charge in [0, 0.05) is 11.8 Å². The lowest BCUT2D eigenvalue weighted by molar-refractivity contribution is 0.189. The Kier molecular flexibility index (Phi) is 5.87. The Morgan fingerprint density at radius 1 is 0.875 bits per heavy atom. The first-order chi connectivity index (χ1) is 11.4. The zero-order valence-corrected chi connectivity index (χ0v) is 16.0. The van der Waals surface area contributed by atoms with Crippen molar-refractivity contribution in [1.29, 1.82) is 0 Å². The smallest absolute Gasteiger partial charge is 0.225 e. The van der Waals surface area contributed by atoms with Gasteiger partial charge in [-0.25, -0.2) is 4.98 Å². The lowest BCUT2D eigenvalue weighted by atomic mass is 10.1. The molecular formula is C21H29NO2. The molecule has 0 fully saturated rings. The van der Waals surface area contributed by atoms with E-state index in [-0.39, 0.29) is 6.10 Å². The maximum atomic E-state index is 6.21. The predicted octanol–water partition coefficient (Wildman–Crippen LogP) is 5.98. The van der Waals surface area contributed by atoms with Gasteiger partial charge in [-0.1, -0.05) is 31.5 Å². The van der Waals surface area contributed by atoms with Gasteiger partial charge in [0.1, 0.15) is 11.5 Å². The first-order valence-corrected chi connectivity index (χ1v) is 8.75. The molecular weight excluding hydrogens is 298 g/mol. The van der Waals surface area contributed by atoms with Crippen molar-refractivity contribution >= 4 is 0 Å². The van der Waals surface area contributed by atoms with Gasteiger partial charge in [-0.15, -0.1) is 0 Å². The Hall–Kier alpha value is -2.03. The van der Waals surface area contributed by atoms with Crippen LogP contribution in [-0.2, 0) is 0 Å². The van der Waals surface area contributed by atoms with Crippen LogP contribution >= 0.6 is 0 Å². The molecule has 0 atom stereocenters. The Bertz CT molecular complexity index is 695. The molecule has 0 bridgehead atoms. The third-order valence-electron chi connectivity index (χ3n) is 4.39. The van der Waals surface area contributed by atoms with Crippen molar-refractivity contribution in [2.24, 2.45) is 0 Å². The van der Waals surface area contributed by atoms with Gasteiger partial charge in [-0.2, -0.15) is 0 Å². The van der Waals surface area contributed by atoms with Gasteiger partial charge >= 0.3 is 0 Å². The van der Waals surface area contributed by atoms with E-state index in [1.807, 2.05) is 20.0 Å². The first-order valence-electron chi connectivity index (χ1n) is 8.75. The quantitative estimate of drug-likeness (QED) is 0.653. The van der Waals surface area contributed by atoms with Crippen LogP contribution in [0.4, 0.5) is 0 Å². The third-order valence-corrected chi connectivity index (χ3v) is 4.39. The predicted molar refractivity (Wildman–Crippen MR) is 99.4 cm³/mol. The summed E-state index contributed by atoms with van der Waals surface area (Å²) in [7, 11) is 0. The molecule has 3 heteroatoms. The van der Waals surface area contributed by atoms with E-state index in [4.69, 9.17) is 9.47 Å². The van der Waals surface area contributed by atoms with Crippen molar-refractivity contribution in [3.05, 3.63) is 46.1 Å². The standard InChI is InChI=1S/C21H29NO2/c1-8-18(9-2)23-20-16(6)12-22-21(17(20)7)24-19-14(4)10-13(3)11-15(19)5/h10-12,18H,8-9H2,1-7H3. The average molecular weight is 327 g/mol.